The van der Waals surface area contributed by atoms with Crippen LogP contribution in [0.3, 0.4) is 0 Å². The van der Waals surface area contributed by atoms with E-state index >= 15 is 0 Å². The third kappa shape index (κ3) is 3.25. The van der Waals surface area contributed by atoms with Gasteiger partial charge in [-0.3, -0.25) is 4.79 Å². The van der Waals surface area contributed by atoms with Gasteiger partial charge in [-0.25, -0.2) is 0 Å². The zero-order chi connectivity index (χ0) is 13.9. The number of ether oxygens (including phenoxy) is 1. The van der Waals surface area contributed by atoms with Crippen LogP contribution in [0.1, 0.15) is 32.1 Å². The maximum Gasteiger partial charge on any atom is 0.324 e. The molecule has 2 fully saturated rings. The van der Waals surface area contributed by atoms with Gasteiger partial charge in [-0.05, 0) is 12.8 Å². The zero-order valence-electron chi connectivity index (χ0n) is 10.8. The Kier molecular flexibility index (Phi) is 4.44. The molecule has 0 spiro atoms. The van der Waals surface area contributed by atoms with E-state index in [0.717, 1.165) is 19.3 Å². The summed E-state index contributed by atoms with van der Waals surface area (Å²) in [6.45, 7) is 1.23. The van der Waals surface area contributed by atoms with Crippen LogP contribution in [0.5, 0.6) is 0 Å². The number of hydrogen-bond acceptors (Lipinski definition) is 4. The van der Waals surface area contributed by atoms with E-state index in [1.165, 1.54) is 4.31 Å². The predicted octanol–water partition coefficient (Wildman–Crippen LogP) is -0.0595. The fourth-order valence-electron chi connectivity index (χ4n) is 2.61. The van der Waals surface area contributed by atoms with Crippen LogP contribution in [0.4, 0.5) is 0 Å². The lowest BCUT2D eigenvalue weighted by atomic mass is 9.83. The molecule has 19 heavy (non-hydrogen) atoms. The molecule has 0 amide bonds. The summed E-state index contributed by atoms with van der Waals surface area (Å²) in [5.74, 6) is -1.08. The molecule has 1 heterocycles. The molecule has 0 aromatic rings. The van der Waals surface area contributed by atoms with E-state index in [-0.39, 0.29) is 13.1 Å². The van der Waals surface area contributed by atoms with Crippen molar-refractivity contribution in [3.63, 3.8) is 0 Å². The number of carbonyl (C=O) groups is 1. The number of carboxylic acid groups (broad SMARTS) is 1. The van der Waals surface area contributed by atoms with Crippen molar-refractivity contribution in [1.29, 1.82) is 0 Å². The first-order valence-electron chi connectivity index (χ1n) is 6.56. The quantitative estimate of drug-likeness (QED) is 0.757. The molecule has 110 valence electrons. The number of hydrogen-bond donors (Lipinski definition) is 2. The first-order valence-corrected chi connectivity index (χ1v) is 8.00. The molecule has 0 radical (unpaired) electrons. The molecule has 2 aliphatic rings. The van der Waals surface area contributed by atoms with E-state index < -0.39 is 21.7 Å². The van der Waals surface area contributed by atoms with Gasteiger partial charge in [0.25, 0.3) is 10.2 Å². The summed E-state index contributed by atoms with van der Waals surface area (Å²) in [6, 6.07) is 0. The summed E-state index contributed by atoms with van der Waals surface area (Å²) in [4.78, 5) is 11.5. The van der Waals surface area contributed by atoms with Gasteiger partial charge in [-0.2, -0.15) is 17.4 Å². The van der Waals surface area contributed by atoms with Crippen molar-refractivity contribution in [2.45, 2.75) is 37.6 Å². The van der Waals surface area contributed by atoms with Gasteiger partial charge in [0.2, 0.25) is 0 Å². The van der Waals surface area contributed by atoms with Gasteiger partial charge >= 0.3 is 5.97 Å². The van der Waals surface area contributed by atoms with E-state index in [4.69, 9.17) is 4.74 Å². The average molecular weight is 292 g/mol. The summed E-state index contributed by atoms with van der Waals surface area (Å²) in [6.07, 6.45) is 3.13. The lowest BCUT2D eigenvalue weighted by molar-refractivity contribution is -0.145. The second-order valence-corrected chi connectivity index (χ2v) is 6.74. The lowest BCUT2D eigenvalue weighted by Crippen LogP contribution is -2.59. The average Bonchev–Trinajstić information content (AvgIpc) is 2.40. The van der Waals surface area contributed by atoms with Gasteiger partial charge in [0.05, 0.1) is 13.2 Å². The minimum Gasteiger partial charge on any atom is -0.480 e. The van der Waals surface area contributed by atoms with E-state index in [1.807, 2.05) is 0 Å². The van der Waals surface area contributed by atoms with Crippen molar-refractivity contribution in [1.82, 2.24) is 9.03 Å². The Morgan fingerprint density at radius 2 is 1.74 bits per heavy atom. The molecule has 2 N–H and O–H groups in total. The van der Waals surface area contributed by atoms with E-state index in [9.17, 15) is 18.3 Å². The molecular weight excluding hydrogens is 272 g/mol. The van der Waals surface area contributed by atoms with Gasteiger partial charge < -0.3 is 9.84 Å². The highest BCUT2D eigenvalue weighted by atomic mass is 32.2. The second-order valence-electron chi connectivity index (χ2n) is 5.07. The van der Waals surface area contributed by atoms with Crippen LogP contribution >= 0.6 is 0 Å². The third-order valence-electron chi connectivity index (χ3n) is 3.75. The summed E-state index contributed by atoms with van der Waals surface area (Å²) in [5, 5.41) is 9.38. The first-order chi connectivity index (χ1) is 8.96. The van der Waals surface area contributed by atoms with Crippen LogP contribution in [0.25, 0.3) is 0 Å². The molecule has 7 nitrogen and oxygen atoms in total. The van der Waals surface area contributed by atoms with E-state index in [1.54, 1.807) is 0 Å². The Bertz CT molecular complexity index is 424. The van der Waals surface area contributed by atoms with Crippen molar-refractivity contribution in [2.24, 2.45) is 0 Å². The number of morpholine rings is 1. The Hall–Kier alpha value is -0.700. The Balaban J connectivity index is 2.13. The molecule has 0 aromatic carbocycles. The standard InChI is InChI=1S/C11H20N2O5S/c14-10(15)11(4-2-1-3-5-11)12-19(16,17)13-6-8-18-9-7-13/h12H,1-9H2,(H,14,15). The molecule has 1 saturated heterocycles. The van der Waals surface area contributed by atoms with Gasteiger partial charge in [-0.1, -0.05) is 19.3 Å². The van der Waals surface area contributed by atoms with Crippen LogP contribution in [0.15, 0.2) is 0 Å². The molecule has 0 atom stereocenters. The minimum atomic E-state index is -3.76. The molecule has 1 aliphatic heterocycles. The van der Waals surface area contributed by atoms with Crippen molar-refractivity contribution >= 4 is 16.2 Å². The van der Waals surface area contributed by atoms with Crippen molar-refractivity contribution in [3.8, 4) is 0 Å². The molecular formula is C11H20N2O5S. The fraction of sp³-hybridized carbons (Fsp3) is 0.909. The molecule has 0 bridgehead atoms. The van der Waals surface area contributed by atoms with Crippen molar-refractivity contribution < 1.29 is 23.1 Å². The fourth-order valence-corrected chi connectivity index (χ4v) is 4.16. The zero-order valence-corrected chi connectivity index (χ0v) is 11.6. The maximum atomic E-state index is 12.3. The molecule has 1 aliphatic carbocycles. The highest BCUT2D eigenvalue weighted by molar-refractivity contribution is 7.87. The van der Waals surface area contributed by atoms with Gasteiger partial charge in [0.15, 0.2) is 0 Å². The maximum absolute atomic E-state index is 12.3. The molecule has 0 aromatic heterocycles. The molecule has 1 saturated carbocycles. The topological polar surface area (TPSA) is 95.9 Å². The summed E-state index contributed by atoms with van der Waals surface area (Å²) < 4.78 is 33.3. The Labute approximate surface area is 113 Å². The Morgan fingerprint density at radius 1 is 1.16 bits per heavy atom. The van der Waals surface area contributed by atoms with Crippen LogP contribution in [-0.2, 0) is 19.7 Å². The minimum absolute atomic E-state index is 0.269. The summed E-state index contributed by atoms with van der Waals surface area (Å²) in [7, 11) is -3.76. The van der Waals surface area contributed by atoms with Gasteiger partial charge in [-0.15, -0.1) is 0 Å². The lowest BCUT2D eigenvalue weighted by Gasteiger charge is -2.36. The number of rotatable bonds is 4. The van der Waals surface area contributed by atoms with Gasteiger partial charge in [0.1, 0.15) is 5.54 Å². The van der Waals surface area contributed by atoms with Crippen LogP contribution in [0.2, 0.25) is 0 Å². The monoisotopic (exact) mass is 292 g/mol. The van der Waals surface area contributed by atoms with E-state index in [0.29, 0.717) is 26.1 Å². The highest BCUT2D eigenvalue weighted by Gasteiger charge is 2.44. The number of nitrogens with one attached hydrogen (secondary N) is 1. The predicted molar refractivity (Wildman–Crippen MR) is 67.9 cm³/mol. The smallest absolute Gasteiger partial charge is 0.324 e. The van der Waals surface area contributed by atoms with Crippen LogP contribution in [-0.4, -0.2) is 55.6 Å². The number of aliphatic carboxylic acids is 1. The van der Waals surface area contributed by atoms with E-state index in [2.05, 4.69) is 4.72 Å². The molecule has 8 heteroatoms. The van der Waals surface area contributed by atoms with Gasteiger partial charge in [0, 0.05) is 13.1 Å². The summed E-state index contributed by atoms with van der Waals surface area (Å²) >= 11 is 0. The van der Waals surface area contributed by atoms with Crippen molar-refractivity contribution in [3.05, 3.63) is 0 Å². The van der Waals surface area contributed by atoms with Crippen LogP contribution < -0.4 is 4.72 Å². The second kappa shape index (κ2) is 5.74. The summed E-state index contributed by atoms with van der Waals surface area (Å²) in [5.41, 5.74) is -1.34. The number of nitrogens with zero attached hydrogens (tertiary/aromatic N) is 1. The molecule has 2 rings (SSSR count). The normalized spacial score (nSPS) is 25.1. The largest absolute Gasteiger partial charge is 0.480 e. The third-order valence-corrected chi connectivity index (χ3v) is 5.44. The first kappa shape index (κ1) is 14.7. The number of carboxylic acids is 1. The van der Waals surface area contributed by atoms with Crippen LogP contribution in [0, 0.1) is 0 Å². The molecule has 0 unspecified atom stereocenters. The highest BCUT2D eigenvalue weighted by Crippen LogP contribution is 2.29. The SMILES string of the molecule is O=C(O)C1(NS(=O)(=O)N2CCOCC2)CCCCC1. The Morgan fingerprint density at radius 3 is 2.26 bits per heavy atom. The van der Waals surface area contributed by atoms with Crippen molar-refractivity contribution in [2.75, 3.05) is 26.3 Å².